The molecule has 0 unspecified atom stereocenters. The summed E-state index contributed by atoms with van der Waals surface area (Å²) in [5.41, 5.74) is 1.15. The van der Waals surface area contributed by atoms with Gasteiger partial charge in [0.2, 0.25) is 0 Å². The molecule has 0 heterocycles. The lowest BCUT2D eigenvalue weighted by atomic mass is 10.0. The molecular formula is C13H19O2. The van der Waals surface area contributed by atoms with Crippen molar-refractivity contribution in [1.29, 1.82) is 0 Å². The van der Waals surface area contributed by atoms with Gasteiger partial charge in [0.15, 0.2) is 0 Å². The van der Waals surface area contributed by atoms with Crippen LogP contribution < -0.4 is 9.47 Å². The van der Waals surface area contributed by atoms with Gasteiger partial charge in [0.25, 0.3) is 0 Å². The Balaban J connectivity index is 2.97. The molecule has 1 aromatic rings. The second-order valence-electron chi connectivity index (χ2n) is 3.52. The maximum absolute atomic E-state index is 5.58. The minimum absolute atomic E-state index is 0.676. The van der Waals surface area contributed by atoms with Gasteiger partial charge in [-0.05, 0) is 19.9 Å². The van der Waals surface area contributed by atoms with E-state index in [1.165, 1.54) is 5.92 Å². The van der Waals surface area contributed by atoms with Crippen molar-refractivity contribution in [2.45, 2.75) is 27.7 Å². The molecule has 0 saturated heterocycles. The van der Waals surface area contributed by atoms with Crippen molar-refractivity contribution >= 4 is 0 Å². The standard InChI is InChI=1S/C13H19O2/c1-5-14-11-7-8-12(10(3)4)13(9-11)15-6-2/h7-9H,5-6H2,1-4H3. The first kappa shape index (κ1) is 11.9. The molecule has 0 amide bonds. The van der Waals surface area contributed by atoms with Gasteiger partial charge in [-0.15, -0.1) is 0 Å². The van der Waals surface area contributed by atoms with E-state index in [4.69, 9.17) is 9.47 Å². The molecular weight excluding hydrogens is 188 g/mol. The Morgan fingerprint density at radius 3 is 2.27 bits per heavy atom. The van der Waals surface area contributed by atoms with Gasteiger partial charge < -0.3 is 9.47 Å². The van der Waals surface area contributed by atoms with Gasteiger partial charge in [0.1, 0.15) is 11.5 Å². The summed E-state index contributed by atoms with van der Waals surface area (Å²) in [6.07, 6.45) is 0. The molecule has 2 nitrogen and oxygen atoms in total. The Bertz CT molecular complexity index is 305. The molecule has 1 rings (SSSR count). The van der Waals surface area contributed by atoms with Gasteiger partial charge in [0.05, 0.1) is 13.2 Å². The molecule has 0 aliphatic rings. The molecule has 0 aliphatic heterocycles. The third-order valence-corrected chi connectivity index (χ3v) is 2.10. The highest BCUT2D eigenvalue weighted by Crippen LogP contribution is 2.29. The van der Waals surface area contributed by atoms with E-state index in [9.17, 15) is 0 Å². The predicted octanol–water partition coefficient (Wildman–Crippen LogP) is 3.45. The van der Waals surface area contributed by atoms with E-state index in [0.717, 1.165) is 17.1 Å². The SMILES string of the molecule is CCOc1ccc([C](C)C)c(OCC)c1. The number of ether oxygens (including phenoxy) is 2. The first-order valence-corrected chi connectivity index (χ1v) is 5.39. The maximum atomic E-state index is 5.58. The summed E-state index contributed by atoms with van der Waals surface area (Å²) < 4.78 is 11.0. The van der Waals surface area contributed by atoms with Crippen LogP contribution in [0, 0.1) is 5.92 Å². The molecule has 0 fully saturated rings. The Hall–Kier alpha value is -1.18. The van der Waals surface area contributed by atoms with Gasteiger partial charge in [-0.1, -0.05) is 19.9 Å². The average Bonchev–Trinajstić information content (AvgIpc) is 2.18. The molecule has 0 N–H and O–H groups in total. The highest BCUT2D eigenvalue weighted by molar-refractivity contribution is 5.46. The largest absolute Gasteiger partial charge is 0.494 e. The van der Waals surface area contributed by atoms with Gasteiger partial charge in [0, 0.05) is 17.5 Å². The van der Waals surface area contributed by atoms with Gasteiger partial charge in [-0.2, -0.15) is 0 Å². The molecule has 1 radical (unpaired) electrons. The molecule has 1 aromatic carbocycles. The van der Waals surface area contributed by atoms with Gasteiger partial charge in [-0.3, -0.25) is 0 Å². The lowest BCUT2D eigenvalue weighted by Gasteiger charge is -2.14. The summed E-state index contributed by atoms with van der Waals surface area (Å²) >= 11 is 0. The van der Waals surface area contributed by atoms with Crippen LogP contribution in [0.25, 0.3) is 0 Å². The van der Waals surface area contributed by atoms with Crippen LogP contribution in [0.1, 0.15) is 33.3 Å². The third kappa shape index (κ3) is 3.15. The summed E-state index contributed by atoms with van der Waals surface area (Å²) in [5, 5.41) is 0. The third-order valence-electron chi connectivity index (χ3n) is 2.10. The van der Waals surface area contributed by atoms with E-state index in [0.29, 0.717) is 13.2 Å². The van der Waals surface area contributed by atoms with Crippen molar-refractivity contribution in [3.8, 4) is 11.5 Å². The highest BCUT2D eigenvalue weighted by Gasteiger charge is 2.09. The van der Waals surface area contributed by atoms with E-state index in [-0.39, 0.29) is 0 Å². The predicted molar refractivity (Wildman–Crippen MR) is 62.5 cm³/mol. The minimum atomic E-state index is 0.676. The monoisotopic (exact) mass is 207 g/mol. The van der Waals surface area contributed by atoms with Crippen LogP contribution in [-0.4, -0.2) is 13.2 Å². The van der Waals surface area contributed by atoms with Crippen molar-refractivity contribution in [3.05, 3.63) is 29.7 Å². The summed E-state index contributed by atoms with van der Waals surface area (Å²) in [6, 6.07) is 5.98. The molecule has 83 valence electrons. The Morgan fingerprint density at radius 1 is 1.07 bits per heavy atom. The molecule has 0 aromatic heterocycles. The first-order valence-electron chi connectivity index (χ1n) is 5.39. The van der Waals surface area contributed by atoms with Crippen LogP contribution >= 0.6 is 0 Å². The first-order chi connectivity index (χ1) is 7.19. The number of rotatable bonds is 5. The van der Waals surface area contributed by atoms with Crippen LogP contribution in [0.3, 0.4) is 0 Å². The van der Waals surface area contributed by atoms with Crippen molar-refractivity contribution < 1.29 is 9.47 Å². The number of hydrogen-bond acceptors (Lipinski definition) is 2. The molecule has 2 heteroatoms. The fourth-order valence-corrected chi connectivity index (χ4v) is 1.45. The fraction of sp³-hybridized carbons (Fsp3) is 0.462. The van der Waals surface area contributed by atoms with Crippen LogP contribution in [0.15, 0.2) is 18.2 Å². The molecule has 0 saturated carbocycles. The lowest BCUT2D eigenvalue weighted by molar-refractivity contribution is 0.321. The fourth-order valence-electron chi connectivity index (χ4n) is 1.45. The molecule has 0 atom stereocenters. The number of benzene rings is 1. The zero-order chi connectivity index (χ0) is 11.3. The minimum Gasteiger partial charge on any atom is -0.494 e. The van der Waals surface area contributed by atoms with E-state index < -0.39 is 0 Å². The summed E-state index contributed by atoms with van der Waals surface area (Å²) in [7, 11) is 0. The van der Waals surface area contributed by atoms with Crippen LogP contribution in [0.5, 0.6) is 11.5 Å². The second-order valence-corrected chi connectivity index (χ2v) is 3.52. The number of hydrogen-bond donors (Lipinski definition) is 0. The van der Waals surface area contributed by atoms with Crippen molar-refractivity contribution in [2.75, 3.05) is 13.2 Å². The summed E-state index contributed by atoms with van der Waals surface area (Å²) in [6.45, 7) is 9.49. The maximum Gasteiger partial charge on any atom is 0.126 e. The van der Waals surface area contributed by atoms with Gasteiger partial charge >= 0.3 is 0 Å². The zero-order valence-electron chi connectivity index (χ0n) is 9.96. The smallest absolute Gasteiger partial charge is 0.126 e. The van der Waals surface area contributed by atoms with E-state index in [1.54, 1.807) is 0 Å². The van der Waals surface area contributed by atoms with E-state index in [2.05, 4.69) is 13.8 Å². The van der Waals surface area contributed by atoms with Crippen LogP contribution in [0.2, 0.25) is 0 Å². The Kier molecular flexibility index (Phi) is 4.47. The quantitative estimate of drug-likeness (QED) is 0.736. The van der Waals surface area contributed by atoms with Crippen LogP contribution in [0.4, 0.5) is 0 Å². The Labute approximate surface area is 92.2 Å². The van der Waals surface area contributed by atoms with Crippen molar-refractivity contribution in [2.24, 2.45) is 0 Å². The van der Waals surface area contributed by atoms with Crippen molar-refractivity contribution in [3.63, 3.8) is 0 Å². The average molecular weight is 207 g/mol. The highest BCUT2D eigenvalue weighted by atomic mass is 16.5. The molecule has 0 bridgehead atoms. The Morgan fingerprint density at radius 2 is 1.73 bits per heavy atom. The normalized spacial score (nSPS) is 10.5. The summed E-state index contributed by atoms with van der Waals surface area (Å²) in [5.74, 6) is 3.02. The lowest BCUT2D eigenvalue weighted by Crippen LogP contribution is -2.00. The molecule has 15 heavy (non-hydrogen) atoms. The zero-order valence-corrected chi connectivity index (χ0v) is 9.96. The van der Waals surface area contributed by atoms with Crippen LogP contribution in [-0.2, 0) is 0 Å². The second kappa shape index (κ2) is 5.64. The molecule has 0 aliphatic carbocycles. The van der Waals surface area contributed by atoms with Crippen molar-refractivity contribution in [1.82, 2.24) is 0 Å². The van der Waals surface area contributed by atoms with E-state index in [1.807, 2.05) is 32.0 Å². The summed E-state index contributed by atoms with van der Waals surface area (Å²) in [4.78, 5) is 0. The molecule has 0 spiro atoms. The topological polar surface area (TPSA) is 18.5 Å². The van der Waals surface area contributed by atoms with E-state index >= 15 is 0 Å². The van der Waals surface area contributed by atoms with Gasteiger partial charge in [-0.25, -0.2) is 0 Å².